The van der Waals surface area contributed by atoms with Crippen LogP contribution in [-0.4, -0.2) is 26.4 Å². The molecule has 1 aromatic rings. The molecule has 2 N–H and O–H groups in total. The lowest BCUT2D eigenvalue weighted by molar-refractivity contribution is 0.116. The maximum Gasteiger partial charge on any atom is 0.697 e. The van der Waals surface area contributed by atoms with E-state index < -0.39 is 8.25 Å². The summed E-state index contributed by atoms with van der Waals surface area (Å²) in [4.78, 5) is 0. The third-order valence-corrected chi connectivity index (χ3v) is 6.84. The molecule has 1 unspecified atom stereocenters. The second-order valence-corrected chi connectivity index (χ2v) is 10.2. The van der Waals surface area contributed by atoms with E-state index in [1.807, 2.05) is 6.07 Å². The van der Waals surface area contributed by atoms with E-state index in [2.05, 4.69) is 24.3 Å². The van der Waals surface area contributed by atoms with Gasteiger partial charge in [-0.05, 0) is 18.4 Å². The Labute approximate surface area is 210 Å². The molecule has 0 bridgehead atoms. The van der Waals surface area contributed by atoms with Gasteiger partial charge in [0.25, 0.3) is 0 Å². The Bertz CT molecular complexity index is 559. The summed E-state index contributed by atoms with van der Waals surface area (Å²) in [6.07, 6.45) is 22.4. The van der Waals surface area contributed by atoms with E-state index >= 15 is 0 Å². The van der Waals surface area contributed by atoms with E-state index in [0.717, 1.165) is 26.1 Å². The Kier molecular flexibility index (Phi) is 23.2. The van der Waals surface area contributed by atoms with Crippen LogP contribution in [0.1, 0.15) is 115 Å². The Hall–Kier alpha value is -0.840. The van der Waals surface area contributed by atoms with Gasteiger partial charge in [-0.15, -0.1) is 9.05 Å². The Balaban J connectivity index is 1.66. The summed E-state index contributed by atoms with van der Waals surface area (Å²) in [7, 11) is -1.97. The summed E-state index contributed by atoms with van der Waals surface area (Å²) in [5, 5.41) is 0. The first kappa shape index (κ1) is 31.2. The minimum Gasteiger partial charge on any atom is -0.377 e. The Morgan fingerprint density at radius 2 is 0.971 bits per heavy atom. The molecule has 0 aliphatic heterocycles. The molecular formula is C28H51NO4P+. The molecule has 0 radical (unpaired) electrons. The van der Waals surface area contributed by atoms with Crippen molar-refractivity contribution in [1.29, 1.82) is 0 Å². The minimum atomic E-state index is -1.97. The lowest BCUT2D eigenvalue weighted by atomic mass is 10.0. The monoisotopic (exact) mass is 496 g/mol. The second-order valence-electron chi connectivity index (χ2n) is 9.23. The van der Waals surface area contributed by atoms with Crippen molar-refractivity contribution in [2.75, 3.05) is 26.4 Å². The number of rotatable bonds is 26. The Morgan fingerprint density at radius 1 is 0.559 bits per heavy atom. The summed E-state index contributed by atoms with van der Waals surface area (Å²) < 4.78 is 27.1. The average Bonchev–Trinajstić information content (AvgIpc) is 2.86. The quantitative estimate of drug-likeness (QED) is 0.103. The number of unbranched alkanes of at least 4 members (excludes halogenated alkanes) is 16. The van der Waals surface area contributed by atoms with Crippen molar-refractivity contribution in [3.8, 4) is 0 Å². The van der Waals surface area contributed by atoms with Crippen LogP contribution in [0, 0.1) is 0 Å². The molecule has 196 valence electrons. The van der Waals surface area contributed by atoms with Crippen molar-refractivity contribution in [2.24, 2.45) is 5.73 Å². The molecule has 6 heteroatoms. The van der Waals surface area contributed by atoms with Gasteiger partial charge in [0.05, 0.1) is 6.61 Å². The fourth-order valence-corrected chi connectivity index (χ4v) is 4.63. The second kappa shape index (κ2) is 25.3. The molecule has 0 heterocycles. The zero-order chi connectivity index (χ0) is 24.4. The van der Waals surface area contributed by atoms with Crippen molar-refractivity contribution in [2.45, 2.75) is 116 Å². The van der Waals surface area contributed by atoms with E-state index in [-0.39, 0.29) is 0 Å². The molecule has 5 nitrogen and oxygen atoms in total. The molecule has 0 aromatic heterocycles. The largest absolute Gasteiger partial charge is 0.697 e. The predicted octanol–water partition coefficient (Wildman–Crippen LogP) is 8.48. The van der Waals surface area contributed by atoms with Gasteiger partial charge in [-0.25, -0.2) is 0 Å². The molecule has 34 heavy (non-hydrogen) atoms. The van der Waals surface area contributed by atoms with Crippen LogP contribution >= 0.6 is 8.25 Å². The van der Waals surface area contributed by atoms with E-state index in [1.165, 1.54) is 102 Å². The van der Waals surface area contributed by atoms with E-state index in [0.29, 0.717) is 19.8 Å². The lowest BCUT2D eigenvalue weighted by Gasteiger charge is -2.05. The van der Waals surface area contributed by atoms with Gasteiger partial charge in [-0.3, -0.25) is 0 Å². The number of hydrogen-bond acceptors (Lipinski definition) is 5. The van der Waals surface area contributed by atoms with Crippen LogP contribution in [0.3, 0.4) is 0 Å². The zero-order valence-corrected chi connectivity index (χ0v) is 22.5. The van der Waals surface area contributed by atoms with Gasteiger partial charge in [0.2, 0.25) is 0 Å². The summed E-state index contributed by atoms with van der Waals surface area (Å²) >= 11 is 0. The van der Waals surface area contributed by atoms with Gasteiger partial charge in [-0.2, -0.15) is 0 Å². The average molecular weight is 497 g/mol. The molecular weight excluding hydrogens is 445 g/mol. The molecule has 1 aromatic carbocycles. The summed E-state index contributed by atoms with van der Waals surface area (Å²) in [6.45, 7) is 2.82. The molecule has 1 rings (SSSR count). The molecule has 0 saturated heterocycles. The highest BCUT2D eigenvalue weighted by Crippen LogP contribution is 2.23. The number of nitrogens with two attached hydrogens (primary N) is 1. The summed E-state index contributed by atoms with van der Waals surface area (Å²) in [6, 6.07) is 10.4. The van der Waals surface area contributed by atoms with Crippen LogP contribution in [0.2, 0.25) is 0 Å². The van der Waals surface area contributed by atoms with Crippen LogP contribution in [0.5, 0.6) is 0 Å². The summed E-state index contributed by atoms with van der Waals surface area (Å²) in [5.74, 6) is 0. The number of hydrogen-bond donors (Lipinski definition) is 1. The van der Waals surface area contributed by atoms with Crippen molar-refractivity contribution >= 4 is 8.25 Å². The topological polar surface area (TPSA) is 70.8 Å². The standard InChI is InChI=1S/C28H51NO4P/c29-23-26-33-34(30)32-25-20-15-13-11-9-7-5-3-1-2-4-6-8-10-12-14-19-24-31-27-28-21-17-16-18-22-28/h16-18,21-22H,1-15,19-20,23-27,29H2/q+1. The smallest absolute Gasteiger partial charge is 0.377 e. The first-order valence-electron chi connectivity index (χ1n) is 13.9. The fourth-order valence-electron chi connectivity index (χ4n) is 4.03. The molecule has 0 fully saturated rings. The van der Waals surface area contributed by atoms with Crippen LogP contribution in [-0.2, 0) is 25.0 Å². The summed E-state index contributed by atoms with van der Waals surface area (Å²) in [5.41, 5.74) is 6.55. The van der Waals surface area contributed by atoms with Crippen molar-refractivity contribution in [3.05, 3.63) is 35.9 Å². The Morgan fingerprint density at radius 3 is 1.44 bits per heavy atom. The van der Waals surface area contributed by atoms with Gasteiger partial charge < -0.3 is 10.5 Å². The first-order valence-corrected chi connectivity index (χ1v) is 15.0. The molecule has 0 saturated carbocycles. The molecule has 0 aliphatic carbocycles. The van der Waals surface area contributed by atoms with Gasteiger partial charge in [0, 0.05) is 17.7 Å². The van der Waals surface area contributed by atoms with Crippen molar-refractivity contribution in [1.82, 2.24) is 0 Å². The maximum atomic E-state index is 11.3. The van der Waals surface area contributed by atoms with Crippen LogP contribution < -0.4 is 5.73 Å². The number of ether oxygens (including phenoxy) is 1. The zero-order valence-electron chi connectivity index (χ0n) is 21.6. The third-order valence-electron chi connectivity index (χ3n) is 6.06. The van der Waals surface area contributed by atoms with Crippen LogP contribution in [0.15, 0.2) is 30.3 Å². The third kappa shape index (κ3) is 21.7. The minimum absolute atomic E-state index is 0.294. The van der Waals surface area contributed by atoms with Crippen LogP contribution in [0.4, 0.5) is 0 Å². The number of benzene rings is 1. The lowest BCUT2D eigenvalue weighted by Crippen LogP contribution is -2.05. The van der Waals surface area contributed by atoms with Gasteiger partial charge >= 0.3 is 8.25 Å². The molecule has 0 aliphatic rings. The van der Waals surface area contributed by atoms with E-state index in [1.54, 1.807) is 0 Å². The van der Waals surface area contributed by atoms with Gasteiger partial charge in [0.15, 0.2) is 0 Å². The fraction of sp³-hybridized carbons (Fsp3) is 0.786. The highest BCUT2D eigenvalue weighted by Gasteiger charge is 2.18. The van der Waals surface area contributed by atoms with Crippen molar-refractivity contribution in [3.63, 3.8) is 0 Å². The highest BCUT2D eigenvalue weighted by molar-refractivity contribution is 7.33. The van der Waals surface area contributed by atoms with Gasteiger partial charge in [0.1, 0.15) is 13.2 Å². The van der Waals surface area contributed by atoms with Crippen molar-refractivity contribution < 1.29 is 18.3 Å². The molecule has 0 amide bonds. The maximum absolute atomic E-state index is 11.3. The van der Waals surface area contributed by atoms with E-state index in [4.69, 9.17) is 19.5 Å². The molecule has 0 spiro atoms. The molecule has 1 atom stereocenters. The SMILES string of the molecule is NCCO[P+](=O)OCCCCCCCCCCCCCCCCCCCOCc1ccccc1. The van der Waals surface area contributed by atoms with Crippen LogP contribution in [0.25, 0.3) is 0 Å². The van der Waals surface area contributed by atoms with E-state index in [9.17, 15) is 4.57 Å². The predicted molar refractivity (Wildman–Crippen MR) is 143 cm³/mol. The first-order chi connectivity index (χ1) is 16.8. The normalized spacial score (nSPS) is 11.7. The highest BCUT2D eigenvalue weighted by atomic mass is 31.1. The van der Waals surface area contributed by atoms with Gasteiger partial charge in [-0.1, -0.05) is 127 Å².